The summed E-state index contributed by atoms with van der Waals surface area (Å²) in [5.74, 6) is 0.520. The molecular formula is C12H14ClN3O. The minimum Gasteiger partial charge on any atom is -0.394 e. The smallest absolute Gasteiger partial charge is 0.122 e. The number of rotatable bonds is 3. The number of aryl methyl sites for hydroxylation is 1. The van der Waals surface area contributed by atoms with E-state index in [0.29, 0.717) is 17.4 Å². The molecule has 1 heterocycles. The number of nitrogens with zero attached hydrogens (tertiary/aromatic N) is 2. The Morgan fingerprint density at radius 1 is 1.47 bits per heavy atom. The van der Waals surface area contributed by atoms with Crippen LogP contribution in [0.4, 0.5) is 5.82 Å². The zero-order valence-corrected chi connectivity index (χ0v) is 10.3. The van der Waals surface area contributed by atoms with E-state index in [1.54, 1.807) is 10.7 Å². The summed E-state index contributed by atoms with van der Waals surface area (Å²) in [6.07, 6.45) is 0. The van der Waals surface area contributed by atoms with Gasteiger partial charge in [-0.1, -0.05) is 29.8 Å². The van der Waals surface area contributed by atoms with E-state index in [9.17, 15) is 0 Å². The van der Waals surface area contributed by atoms with E-state index >= 15 is 0 Å². The SMILES string of the molecule is Cc1cccc(-c2cc(N)n(CCO)n2)c1Cl. The first kappa shape index (κ1) is 12.0. The Labute approximate surface area is 105 Å². The Bertz CT molecular complexity index is 537. The number of nitrogens with two attached hydrogens (primary N) is 1. The molecule has 0 aliphatic carbocycles. The quantitative estimate of drug-likeness (QED) is 0.878. The molecule has 0 saturated heterocycles. The highest BCUT2D eigenvalue weighted by molar-refractivity contribution is 6.34. The van der Waals surface area contributed by atoms with Gasteiger partial charge in [0.2, 0.25) is 0 Å². The van der Waals surface area contributed by atoms with Crippen LogP contribution in [-0.2, 0) is 6.54 Å². The minimum absolute atomic E-state index is 0.00682. The molecule has 0 aliphatic heterocycles. The molecule has 17 heavy (non-hydrogen) atoms. The van der Waals surface area contributed by atoms with Crippen molar-refractivity contribution in [1.82, 2.24) is 9.78 Å². The molecule has 5 heteroatoms. The van der Waals surface area contributed by atoms with Crippen molar-refractivity contribution in [2.45, 2.75) is 13.5 Å². The normalized spacial score (nSPS) is 10.8. The summed E-state index contributed by atoms with van der Waals surface area (Å²) in [4.78, 5) is 0. The minimum atomic E-state index is 0.00682. The first-order valence-corrected chi connectivity index (χ1v) is 5.71. The highest BCUT2D eigenvalue weighted by atomic mass is 35.5. The fraction of sp³-hybridized carbons (Fsp3) is 0.250. The van der Waals surface area contributed by atoms with E-state index in [2.05, 4.69) is 5.10 Å². The summed E-state index contributed by atoms with van der Waals surface area (Å²) in [5.41, 5.74) is 8.38. The van der Waals surface area contributed by atoms with E-state index in [0.717, 1.165) is 16.8 Å². The first-order chi connectivity index (χ1) is 8.13. The van der Waals surface area contributed by atoms with Crippen LogP contribution in [0.5, 0.6) is 0 Å². The van der Waals surface area contributed by atoms with Crippen LogP contribution >= 0.6 is 11.6 Å². The number of hydrogen-bond donors (Lipinski definition) is 2. The predicted octanol–water partition coefficient (Wildman–Crippen LogP) is 2.09. The van der Waals surface area contributed by atoms with Crippen molar-refractivity contribution >= 4 is 17.4 Å². The molecule has 0 fully saturated rings. The molecule has 2 rings (SSSR count). The molecule has 0 unspecified atom stereocenters. The van der Waals surface area contributed by atoms with Crippen molar-refractivity contribution < 1.29 is 5.11 Å². The molecule has 0 atom stereocenters. The maximum atomic E-state index is 8.88. The van der Waals surface area contributed by atoms with Crippen LogP contribution in [-0.4, -0.2) is 21.5 Å². The summed E-state index contributed by atoms with van der Waals surface area (Å²) >= 11 is 6.23. The molecule has 1 aromatic carbocycles. The lowest BCUT2D eigenvalue weighted by Gasteiger charge is -2.03. The Morgan fingerprint density at radius 2 is 2.24 bits per heavy atom. The van der Waals surface area contributed by atoms with E-state index in [1.165, 1.54) is 0 Å². The second-order valence-electron chi connectivity index (χ2n) is 3.84. The first-order valence-electron chi connectivity index (χ1n) is 5.33. The van der Waals surface area contributed by atoms with Crippen LogP contribution in [0.15, 0.2) is 24.3 Å². The number of halogens is 1. The van der Waals surface area contributed by atoms with Gasteiger partial charge in [-0.25, -0.2) is 4.68 Å². The fourth-order valence-electron chi connectivity index (χ4n) is 1.68. The lowest BCUT2D eigenvalue weighted by atomic mass is 10.1. The molecule has 0 amide bonds. The molecule has 0 radical (unpaired) electrons. The third-order valence-electron chi connectivity index (χ3n) is 2.59. The molecular weight excluding hydrogens is 238 g/mol. The number of hydrogen-bond acceptors (Lipinski definition) is 3. The average molecular weight is 252 g/mol. The number of benzene rings is 1. The molecule has 2 aromatic rings. The van der Waals surface area contributed by atoms with Crippen LogP contribution in [0.2, 0.25) is 5.02 Å². The monoisotopic (exact) mass is 251 g/mol. The van der Waals surface area contributed by atoms with Gasteiger partial charge in [0.1, 0.15) is 5.82 Å². The van der Waals surface area contributed by atoms with E-state index in [-0.39, 0.29) is 6.61 Å². The lowest BCUT2D eigenvalue weighted by Crippen LogP contribution is -2.07. The van der Waals surface area contributed by atoms with Gasteiger partial charge in [-0.2, -0.15) is 5.10 Å². The summed E-state index contributed by atoms with van der Waals surface area (Å²) in [7, 11) is 0. The standard InChI is InChI=1S/C12H14ClN3O/c1-8-3-2-4-9(12(8)13)10-7-11(14)16(15-10)5-6-17/h2-4,7,17H,5-6,14H2,1H3. The maximum absolute atomic E-state index is 8.88. The summed E-state index contributed by atoms with van der Waals surface area (Å²) in [6, 6.07) is 7.54. The molecule has 90 valence electrons. The zero-order valence-electron chi connectivity index (χ0n) is 9.52. The van der Waals surface area contributed by atoms with Crippen LogP contribution in [0.25, 0.3) is 11.3 Å². The largest absolute Gasteiger partial charge is 0.394 e. The number of aliphatic hydroxyl groups excluding tert-OH is 1. The van der Waals surface area contributed by atoms with Crippen molar-refractivity contribution in [3.63, 3.8) is 0 Å². The van der Waals surface area contributed by atoms with Crippen molar-refractivity contribution in [3.8, 4) is 11.3 Å². The van der Waals surface area contributed by atoms with Gasteiger partial charge in [-0.15, -0.1) is 0 Å². The highest BCUT2D eigenvalue weighted by Crippen LogP contribution is 2.30. The Kier molecular flexibility index (Phi) is 3.36. The number of aliphatic hydroxyl groups is 1. The van der Waals surface area contributed by atoms with E-state index < -0.39 is 0 Å². The molecule has 0 bridgehead atoms. The van der Waals surface area contributed by atoms with Crippen LogP contribution < -0.4 is 5.73 Å². The van der Waals surface area contributed by atoms with Gasteiger partial charge in [0.15, 0.2) is 0 Å². The van der Waals surface area contributed by atoms with Gasteiger partial charge in [0.05, 0.1) is 23.9 Å². The van der Waals surface area contributed by atoms with Crippen molar-refractivity contribution in [1.29, 1.82) is 0 Å². The lowest BCUT2D eigenvalue weighted by molar-refractivity contribution is 0.270. The molecule has 3 N–H and O–H groups in total. The van der Waals surface area contributed by atoms with Crippen molar-refractivity contribution in [2.75, 3.05) is 12.3 Å². The van der Waals surface area contributed by atoms with Gasteiger partial charge in [0, 0.05) is 11.6 Å². The van der Waals surface area contributed by atoms with Crippen LogP contribution in [0.1, 0.15) is 5.56 Å². The average Bonchev–Trinajstić information content (AvgIpc) is 2.65. The molecule has 1 aromatic heterocycles. The molecule has 4 nitrogen and oxygen atoms in total. The summed E-state index contributed by atoms with van der Waals surface area (Å²) < 4.78 is 1.56. The van der Waals surface area contributed by atoms with Gasteiger partial charge >= 0.3 is 0 Å². The van der Waals surface area contributed by atoms with Gasteiger partial charge in [-0.3, -0.25) is 0 Å². The van der Waals surface area contributed by atoms with E-state index in [1.807, 2.05) is 25.1 Å². The van der Waals surface area contributed by atoms with Crippen LogP contribution in [0, 0.1) is 6.92 Å². The van der Waals surface area contributed by atoms with Gasteiger partial charge < -0.3 is 10.8 Å². The molecule has 0 spiro atoms. The summed E-state index contributed by atoms with van der Waals surface area (Å²) in [6.45, 7) is 2.34. The predicted molar refractivity (Wildman–Crippen MR) is 68.9 cm³/mol. The highest BCUT2D eigenvalue weighted by Gasteiger charge is 2.11. The Morgan fingerprint density at radius 3 is 2.94 bits per heavy atom. The van der Waals surface area contributed by atoms with Gasteiger partial charge in [0.25, 0.3) is 0 Å². The Balaban J connectivity index is 2.46. The Hall–Kier alpha value is -1.52. The third kappa shape index (κ3) is 2.28. The second kappa shape index (κ2) is 4.77. The third-order valence-corrected chi connectivity index (χ3v) is 3.09. The van der Waals surface area contributed by atoms with Crippen LogP contribution in [0.3, 0.4) is 0 Å². The maximum Gasteiger partial charge on any atom is 0.122 e. The van der Waals surface area contributed by atoms with Gasteiger partial charge in [-0.05, 0) is 12.5 Å². The molecule has 0 saturated carbocycles. The van der Waals surface area contributed by atoms with E-state index in [4.69, 9.17) is 22.4 Å². The topological polar surface area (TPSA) is 64.1 Å². The number of anilines is 1. The van der Waals surface area contributed by atoms with Crippen molar-refractivity contribution in [3.05, 3.63) is 34.9 Å². The molecule has 0 aliphatic rings. The zero-order chi connectivity index (χ0) is 12.4. The number of nitrogen functional groups attached to an aromatic ring is 1. The van der Waals surface area contributed by atoms with Crippen molar-refractivity contribution in [2.24, 2.45) is 0 Å². The fourth-order valence-corrected chi connectivity index (χ4v) is 1.90. The second-order valence-corrected chi connectivity index (χ2v) is 4.22. The number of aromatic nitrogens is 2. The summed E-state index contributed by atoms with van der Waals surface area (Å²) in [5, 5.41) is 13.9.